The summed E-state index contributed by atoms with van der Waals surface area (Å²) in [7, 11) is -3.96. The third kappa shape index (κ3) is 3.92. The smallest absolute Gasteiger partial charge is 0.413 e. The zero-order valence-corrected chi connectivity index (χ0v) is 16.7. The van der Waals surface area contributed by atoms with Gasteiger partial charge in [-0.15, -0.1) is 0 Å². The molecule has 0 heterocycles. The molecule has 0 aliphatic carbocycles. The number of hydrogen-bond acceptors (Lipinski definition) is 5. The van der Waals surface area contributed by atoms with E-state index < -0.39 is 12.5 Å². The first-order valence-corrected chi connectivity index (χ1v) is 10.2. The summed E-state index contributed by atoms with van der Waals surface area (Å²) >= 11 is 0. The molecule has 28 heavy (non-hydrogen) atoms. The molecule has 0 bridgehead atoms. The largest absolute Gasteiger partial charge is 0.463 e. The van der Waals surface area contributed by atoms with Crippen LogP contribution in [0.5, 0.6) is 11.5 Å². The van der Waals surface area contributed by atoms with Gasteiger partial charge >= 0.3 is 13.3 Å². The van der Waals surface area contributed by atoms with Crippen molar-refractivity contribution in [3.05, 3.63) is 93.5 Å². The lowest BCUT2D eigenvalue weighted by molar-refractivity contribution is -0.385. The summed E-state index contributed by atoms with van der Waals surface area (Å²) in [5.74, 6) is 0.341. The third-order valence-corrected chi connectivity index (χ3v) is 6.24. The highest BCUT2D eigenvalue weighted by Crippen LogP contribution is 2.51. The molecule has 0 aliphatic rings. The number of para-hydroxylation sites is 1. The summed E-state index contributed by atoms with van der Waals surface area (Å²) < 4.78 is 25.6. The summed E-state index contributed by atoms with van der Waals surface area (Å²) in [4.78, 5) is 10.9. The van der Waals surface area contributed by atoms with Crippen molar-refractivity contribution in [3.8, 4) is 11.5 Å². The van der Waals surface area contributed by atoms with Crippen molar-refractivity contribution >= 4 is 18.6 Å². The number of hydrogen-bond donors (Lipinski definition) is 0. The maximum atomic E-state index is 13.9. The van der Waals surface area contributed by atoms with Crippen molar-refractivity contribution < 1.29 is 18.5 Å². The molecular formula is C21H20NO5P. The average Bonchev–Trinajstić information content (AvgIpc) is 2.67. The Balaban J connectivity index is 2.13. The number of nitro benzene ring substituents is 1. The highest BCUT2D eigenvalue weighted by Gasteiger charge is 2.35. The molecule has 1 atom stereocenters. The maximum absolute atomic E-state index is 13.9. The minimum absolute atomic E-state index is 0.0648. The fourth-order valence-corrected chi connectivity index (χ4v) is 4.43. The van der Waals surface area contributed by atoms with Gasteiger partial charge in [-0.3, -0.25) is 10.1 Å². The monoisotopic (exact) mass is 397 g/mol. The number of aryl methyl sites for hydroxylation is 2. The van der Waals surface area contributed by atoms with Gasteiger partial charge in [0.05, 0.1) is 10.2 Å². The fraction of sp³-hybridized carbons (Fsp3) is 0.143. The summed E-state index contributed by atoms with van der Waals surface area (Å²) in [5.41, 5.74) is 2.02. The number of benzene rings is 3. The van der Waals surface area contributed by atoms with Crippen LogP contribution in [0.3, 0.4) is 0 Å². The highest BCUT2D eigenvalue weighted by atomic mass is 31.2. The van der Waals surface area contributed by atoms with Crippen LogP contribution in [0, 0.1) is 30.9 Å². The lowest BCUT2D eigenvalue weighted by Crippen LogP contribution is -2.16. The van der Waals surface area contributed by atoms with Crippen molar-refractivity contribution in [2.45, 2.75) is 20.8 Å². The van der Waals surface area contributed by atoms with E-state index in [4.69, 9.17) is 9.05 Å². The summed E-state index contributed by atoms with van der Waals surface area (Å²) in [6.07, 6.45) is 0. The summed E-state index contributed by atoms with van der Waals surface area (Å²) in [5, 5.41) is 11.8. The molecule has 7 heteroatoms. The van der Waals surface area contributed by atoms with Crippen LogP contribution < -0.4 is 14.4 Å². The first kappa shape index (κ1) is 19.6. The SMILES string of the molecule is Cc1cccc(O[P@@](=O)(Oc2c(C)cccc2[N+](=O)[O-])c2ccccc2)c1C. The Morgan fingerprint density at radius 1 is 0.821 bits per heavy atom. The maximum Gasteiger partial charge on any atom is 0.463 e. The molecule has 144 valence electrons. The first-order valence-electron chi connectivity index (χ1n) is 8.67. The Morgan fingerprint density at radius 2 is 1.46 bits per heavy atom. The van der Waals surface area contributed by atoms with Gasteiger partial charge in [-0.05, 0) is 55.7 Å². The fourth-order valence-electron chi connectivity index (χ4n) is 2.71. The second-order valence-corrected chi connectivity index (χ2v) is 8.27. The van der Waals surface area contributed by atoms with Gasteiger partial charge < -0.3 is 9.05 Å². The van der Waals surface area contributed by atoms with E-state index in [0.29, 0.717) is 16.6 Å². The van der Waals surface area contributed by atoms with Gasteiger partial charge in [0.25, 0.3) is 0 Å². The highest BCUT2D eigenvalue weighted by molar-refractivity contribution is 7.63. The van der Waals surface area contributed by atoms with E-state index in [0.717, 1.165) is 11.1 Å². The third-order valence-electron chi connectivity index (χ3n) is 4.45. The Kier molecular flexibility index (Phi) is 5.52. The van der Waals surface area contributed by atoms with Crippen molar-refractivity contribution in [1.29, 1.82) is 0 Å². The molecule has 6 nitrogen and oxygen atoms in total. The number of rotatable bonds is 6. The van der Waals surface area contributed by atoms with E-state index >= 15 is 0 Å². The summed E-state index contributed by atoms with van der Waals surface area (Å²) in [6.45, 7) is 5.44. The lowest BCUT2D eigenvalue weighted by atomic mass is 10.1. The molecule has 0 unspecified atom stereocenters. The van der Waals surface area contributed by atoms with E-state index in [2.05, 4.69) is 0 Å². The van der Waals surface area contributed by atoms with Crippen molar-refractivity contribution in [3.63, 3.8) is 0 Å². The van der Waals surface area contributed by atoms with Gasteiger partial charge in [0.15, 0.2) is 0 Å². The lowest BCUT2D eigenvalue weighted by Gasteiger charge is -2.22. The zero-order valence-electron chi connectivity index (χ0n) is 15.8. The van der Waals surface area contributed by atoms with E-state index in [1.165, 1.54) is 6.07 Å². The molecule has 0 saturated carbocycles. The summed E-state index contributed by atoms with van der Waals surface area (Å²) in [6, 6.07) is 18.4. The molecule has 3 rings (SSSR count). The predicted octanol–water partition coefficient (Wildman–Crippen LogP) is 5.50. The minimum Gasteiger partial charge on any atom is -0.413 e. The van der Waals surface area contributed by atoms with Crippen LogP contribution in [-0.2, 0) is 4.57 Å². The standard InChI is InChI=1S/C21H20NO5P/c1-15-9-8-14-20(17(15)3)26-28(25,18-11-5-4-6-12-18)27-21-16(2)10-7-13-19(21)22(23)24/h4-14H,1-3H3/t28-/m1/s1. The van der Waals surface area contributed by atoms with E-state index in [9.17, 15) is 14.7 Å². The van der Waals surface area contributed by atoms with E-state index in [1.54, 1.807) is 61.5 Å². The molecule has 0 N–H and O–H groups in total. The van der Waals surface area contributed by atoms with Crippen LogP contribution in [0.15, 0.2) is 66.7 Å². The molecule has 0 radical (unpaired) electrons. The van der Waals surface area contributed by atoms with Crippen molar-refractivity contribution in [1.82, 2.24) is 0 Å². The van der Waals surface area contributed by atoms with Gasteiger partial charge in [-0.25, -0.2) is 4.57 Å². The topological polar surface area (TPSA) is 78.7 Å². The predicted molar refractivity (Wildman–Crippen MR) is 109 cm³/mol. The van der Waals surface area contributed by atoms with Crippen LogP contribution >= 0.6 is 7.60 Å². The van der Waals surface area contributed by atoms with E-state index in [-0.39, 0.29) is 11.4 Å². The van der Waals surface area contributed by atoms with Crippen LogP contribution in [0.25, 0.3) is 0 Å². The van der Waals surface area contributed by atoms with Crippen LogP contribution in [0.1, 0.15) is 16.7 Å². The molecule has 0 saturated heterocycles. The number of nitrogens with zero attached hydrogens (tertiary/aromatic N) is 1. The van der Waals surface area contributed by atoms with Crippen molar-refractivity contribution in [2.24, 2.45) is 0 Å². The molecule has 0 fully saturated rings. The van der Waals surface area contributed by atoms with Crippen LogP contribution in [0.2, 0.25) is 0 Å². The molecule has 0 spiro atoms. The Labute approximate surface area is 163 Å². The molecule has 0 aromatic heterocycles. The molecule has 0 amide bonds. The quantitative estimate of drug-likeness (QED) is 0.312. The Bertz CT molecular complexity index is 1070. The van der Waals surface area contributed by atoms with Gasteiger partial charge in [-0.2, -0.15) is 0 Å². The molecule has 3 aromatic carbocycles. The van der Waals surface area contributed by atoms with Crippen LogP contribution in [0.4, 0.5) is 5.69 Å². The van der Waals surface area contributed by atoms with Gasteiger partial charge in [0.1, 0.15) is 5.75 Å². The Morgan fingerprint density at radius 3 is 2.14 bits per heavy atom. The second kappa shape index (κ2) is 7.87. The average molecular weight is 397 g/mol. The molecular weight excluding hydrogens is 377 g/mol. The second-order valence-electron chi connectivity index (χ2n) is 6.39. The first-order chi connectivity index (χ1) is 13.3. The minimum atomic E-state index is -3.96. The van der Waals surface area contributed by atoms with Gasteiger partial charge in [-0.1, -0.05) is 42.5 Å². The Hall–Kier alpha value is -3.11. The zero-order chi connectivity index (χ0) is 20.3. The molecule has 3 aromatic rings. The van der Waals surface area contributed by atoms with Crippen molar-refractivity contribution in [2.75, 3.05) is 0 Å². The van der Waals surface area contributed by atoms with Gasteiger partial charge in [0, 0.05) is 6.07 Å². The number of nitro groups is 1. The van der Waals surface area contributed by atoms with Crippen LogP contribution in [-0.4, -0.2) is 4.92 Å². The van der Waals surface area contributed by atoms with E-state index in [1.807, 2.05) is 19.9 Å². The molecule has 0 aliphatic heterocycles. The normalized spacial score (nSPS) is 12.8. The van der Waals surface area contributed by atoms with Gasteiger partial charge in [0.2, 0.25) is 5.75 Å².